The first-order chi connectivity index (χ1) is 12.3. The Bertz CT molecular complexity index is 912. The summed E-state index contributed by atoms with van der Waals surface area (Å²) in [5.41, 5.74) is 1.97. The average Bonchev–Trinajstić information content (AvgIpc) is 3.03. The quantitative estimate of drug-likeness (QED) is 0.687. The third kappa shape index (κ3) is 3.36. The number of carbonyl (C=O) groups excluding carboxylic acids is 1. The van der Waals surface area contributed by atoms with Crippen molar-refractivity contribution in [3.63, 3.8) is 0 Å². The van der Waals surface area contributed by atoms with Crippen LogP contribution in [0.1, 0.15) is 38.8 Å². The van der Waals surface area contributed by atoms with Crippen molar-refractivity contribution in [2.24, 2.45) is 0 Å². The predicted octanol–water partition coefficient (Wildman–Crippen LogP) is 5.02. The average molecular weight is 352 g/mol. The summed E-state index contributed by atoms with van der Waals surface area (Å²) in [6, 6.07) is 14.7. The summed E-state index contributed by atoms with van der Waals surface area (Å²) in [5.74, 6) is -0.232. The second-order valence-electron chi connectivity index (χ2n) is 7.53. The first-order valence-electron chi connectivity index (χ1n) is 8.93. The van der Waals surface area contributed by atoms with Crippen molar-refractivity contribution in [1.29, 1.82) is 0 Å². The molecular weight excluding hydrogens is 327 g/mol. The highest BCUT2D eigenvalue weighted by molar-refractivity contribution is 5.94. The molecule has 0 bridgehead atoms. The van der Waals surface area contributed by atoms with Crippen molar-refractivity contribution < 1.29 is 9.18 Å². The molecular formula is C22H25FN2O. The summed E-state index contributed by atoms with van der Waals surface area (Å²) in [5, 5.41) is 0.883. The van der Waals surface area contributed by atoms with Gasteiger partial charge in [0.2, 0.25) is 5.91 Å². The molecule has 2 aromatic carbocycles. The van der Waals surface area contributed by atoms with E-state index in [1.807, 2.05) is 69.1 Å². The maximum Gasteiger partial charge on any atom is 0.233 e. The lowest BCUT2D eigenvalue weighted by Gasteiger charge is -2.35. The molecule has 26 heavy (non-hydrogen) atoms. The van der Waals surface area contributed by atoms with Gasteiger partial charge in [-0.05, 0) is 57.0 Å². The van der Waals surface area contributed by atoms with Crippen LogP contribution in [0, 0.1) is 5.82 Å². The number of aromatic amines is 1. The van der Waals surface area contributed by atoms with Crippen molar-refractivity contribution in [1.82, 2.24) is 9.88 Å². The minimum Gasteiger partial charge on any atom is -0.361 e. The highest BCUT2D eigenvalue weighted by Crippen LogP contribution is 2.33. The minimum atomic E-state index is -0.727. The molecule has 0 unspecified atom stereocenters. The van der Waals surface area contributed by atoms with Crippen LogP contribution in [-0.4, -0.2) is 21.8 Å². The molecule has 0 fully saturated rings. The topological polar surface area (TPSA) is 36.1 Å². The summed E-state index contributed by atoms with van der Waals surface area (Å²) in [6.45, 7) is 8.49. The van der Waals surface area contributed by atoms with Crippen LogP contribution in [0.5, 0.6) is 0 Å². The summed E-state index contributed by atoms with van der Waals surface area (Å²) in [4.78, 5) is 18.5. The van der Waals surface area contributed by atoms with Crippen molar-refractivity contribution in [3.8, 4) is 0 Å². The van der Waals surface area contributed by atoms with Crippen LogP contribution in [-0.2, 0) is 16.8 Å². The van der Waals surface area contributed by atoms with Gasteiger partial charge in [-0.3, -0.25) is 4.79 Å². The first kappa shape index (κ1) is 18.2. The number of aromatic nitrogens is 1. The number of hydrogen-bond acceptors (Lipinski definition) is 1. The van der Waals surface area contributed by atoms with Gasteiger partial charge >= 0.3 is 0 Å². The number of fused-ring (bicyclic) bond motifs is 1. The number of hydrogen-bond donors (Lipinski definition) is 1. The van der Waals surface area contributed by atoms with E-state index in [9.17, 15) is 9.18 Å². The number of nitrogens with one attached hydrogen (secondary N) is 1. The molecule has 4 heteroatoms. The van der Waals surface area contributed by atoms with Gasteiger partial charge in [0.15, 0.2) is 0 Å². The van der Waals surface area contributed by atoms with E-state index in [1.54, 1.807) is 6.07 Å². The van der Waals surface area contributed by atoms with Gasteiger partial charge in [-0.1, -0.05) is 30.3 Å². The number of amides is 1. The summed E-state index contributed by atoms with van der Waals surface area (Å²) in [6.07, 6.45) is 1.82. The van der Waals surface area contributed by atoms with Gasteiger partial charge in [-0.2, -0.15) is 0 Å². The molecule has 0 aliphatic carbocycles. The Morgan fingerprint density at radius 3 is 2.50 bits per heavy atom. The van der Waals surface area contributed by atoms with Gasteiger partial charge in [0.1, 0.15) is 5.82 Å². The van der Waals surface area contributed by atoms with E-state index >= 15 is 0 Å². The third-order valence-corrected chi connectivity index (χ3v) is 4.93. The van der Waals surface area contributed by atoms with E-state index in [4.69, 9.17) is 0 Å². The van der Waals surface area contributed by atoms with Crippen molar-refractivity contribution in [2.45, 2.75) is 45.7 Å². The van der Waals surface area contributed by atoms with Crippen LogP contribution < -0.4 is 0 Å². The molecule has 1 N–H and O–H groups in total. The standard InChI is InChI=1S/C22H25FN2O/c1-15(2)25(14-16-8-6-5-7-9-16)21(26)22(3,4)19-13-24-20-12-17(23)10-11-18(19)20/h5-13,15,24H,14H2,1-4H3. The molecule has 0 radical (unpaired) electrons. The summed E-state index contributed by atoms with van der Waals surface area (Å²) < 4.78 is 13.5. The van der Waals surface area contributed by atoms with Gasteiger partial charge < -0.3 is 9.88 Å². The van der Waals surface area contributed by atoms with Crippen LogP contribution in [0.3, 0.4) is 0 Å². The van der Waals surface area contributed by atoms with Crippen molar-refractivity contribution in [3.05, 3.63) is 71.7 Å². The van der Waals surface area contributed by atoms with E-state index in [0.29, 0.717) is 12.1 Å². The van der Waals surface area contributed by atoms with Gasteiger partial charge in [-0.25, -0.2) is 4.39 Å². The van der Waals surface area contributed by atoms with Crippen LogP contribution in [0.4, 0.5) is 4.39 Å². The number of benzene rings is 2. The zero-order valence-corrected chi connectivity index (χ0v) is 15.7. The second kappa shape index (κ2) is 6.94. The molecule has 0 saturated carbocycles. The van der Waals surface area contributed by atoms with Crippen LogP contribution in [0.15, 0.2) is 54.7 Å². The molecule has 1 heterocycles. The lowest BCUT2D eigenvalue weighted by Crippen LogP contribution is -2.46. The lowest BCUT2D eigenvalue weighted by atomic mass is 9.82. The SMILES string of the molecule is CC(C)N(Cc1ccccc1)C(=O)C(C)(C)c1c[nH]c2cc(F)ccc12. The van der Waals surface area contributed by atoms with Crippen LogP contribution >= 0.6 is 0 Å². The molecule has 0 aliphatic rings. The number of nitrogens with zero attached hydrogens (tertiary/aromatic N) is 1. The molecule has 3 nitrogen and oxygen atoms in total. The number of H-pyrrole nitrogens is 1. The molecule has 136 valence electrons. The van der Waals surface area contributed by atoms with Gasteiger partial charge in [-0.15, -0.1) is 0 Å². The second-order valence-corrected chi connectivity index (χ2v) is 7.53. The van der Waals surface area contributed by atoms with Gasteiger partial charge in [0.05, 0.1) is 5.41 Å². The van der Waals surface area contributed by atoms with Gasteiger partial charge in [0, 0.05) is 29.7 Å². The monoisotopic (exact) mass is 352 g/mol. The zero-order valence-electron chi connectivity index (χ0n) is 15.7. The molecule has 0 atom stereocenters. The highest BCUT2D eigenvalue weighted by atomic mass is 19.1. The van der Waals surface area contributed by atoms with Crippen molar-refractivity contribution in [2.75, 3.05) is 0 Å². The fourth-order valence-corrected chi connectivity index (χ4v) is 3.36. The fraction of sp³-hybridized carbons (Fsp3) is 0.318. The lowest BCUT2D eigenvalue weighted by molar-refractivity contribution is -0.138. The Balaban J connectivity index is 1.96. The molecule has 3 aromatic rings. The maximum atomic E-state index is 13.5. The maximum absolute atomic E-state index is 13.5. The fourth-order valence-electron chi connectivity index (χ4n) is 3.36. The first-order valence-corrected chi connectivity index (χ1v) is 8.93. The van der Waals surface area contributed by atoms with E-state index in [-0.39, 0.29) is 17.8 Å². The van der Waals surface area contributed by atoms with Gasteiger partial charge in [0.25, 0.3) is 0 Å². The Labute approximate surface area is 153 Å². The highest BCUT2D eigenvalue weighted by Gasteiger charge is 2.36. The Morgan fingerprint density at radius 2 is 1.85 bits per heavy atom. The van der Waals surface area contributed by atoms with E-state index in [1.165, 1.54) is 12.1 Å². The normalized spacial score (nSPS) is 11.9. The number of rotatable bonds is 5. The Morgan fingerprint density at radius 1 is 1.15 bits per heavy atom. The third-order valence-electron chi connectivity index (χ3n) is 4.93. The smallest absolute Gasteiger partial charge is 0.233 e. The predicted molar refractivity (Wildman–Crippen MR) is 103 cm³/mol. The van der Waals surface area contributed by atoms with E-state index in [0.717, 1.165) is 16.5 Å². The minimum absolute atomic E-state index is 0.0570. The van der Waals surface area contributed by atoms with E-state index < -0.39 is 5.41 Å². The van der Waals surface area contributed by atoms with Crippen LogP contribution in [0.25, 0.3) is 10.9 Å². The zero-order chi connectivity index (χ0) is 18.9. The van der Waals surface area contributed by atoms with Crippen LogP contribution in [0.2, 0.25) is 0 Å². The molecule has 1 amide bonds. The molecule has 0 saturated heterocycles. The Hall–Kier alpha value is -2.62. The Kier molecular flexibility index (Phi) is 4.86. The summed E-state index contributed by atoms with van der Waals surface area (Å²) in [7, 11) is 0. The molecule has 0 spiro atoms. The van der Waals surface area contributed by atoms with Crippen molar-refractivity contribution >= 4 is 16.8 Å². The largest absolute Gasteiger partial charge is 0.361 e. The molecule has 3 rings (SSSR count). The molecule has 0 aliphatic heterocycles. The number of halogens is 1. The summed E-state index contributed by atoms with van der Waals surface area (Å²) >= 11 is 0. The number of carbonyl (C=O) groups is 1. The molecule has 1 aromatic heterocycles. The van der Waals surface area contributed by atoms with E-state index in [2.05, 4.69) is 4.98 Å².